The lowest BCUT2D eigenvalue weighted by molar-refractivity contribution is -0.277. The Morgan fingerprint density at radius 2 is 1.71 bits per heavy atom. The van der Waals surface area contributed by atoms with Gasteiger partial charge in [0.1, 0.15) is 46.9 Å². The molecule has 182 valence electrons. The molecule has 3 aromatic rings. The van der Waals surface area contributed by atoms with Crippen LogP contribution in [-0.2, 0) is 4.74 Å². The van der Waals surface area contributed by atoms with E-state index < -0.39 is 54.2 Å². The van der Waals surface area contributed by atoms with E-state index in [1.807, 2.05) is 0 Å². The van der Waals surface area contributed by atoms with Crippen LogP contribution in [0.25, 0.3) is 22.3 Å². The largest absolute Gasteiger partial charge is 0.508 e. The minimum absolute atomic E-state index is 0.0218. The number of hydrogen-bond acceptors (Lipinski definition) is 12. The molecule has 0 spiro atoms. The molecule has 1 fully saturated rings. The summed E-state index contributed by atoms with van der Waals surface area (Å²) in [5.74, 6) is -1.92. The molecule has 2 aromatic carbocycles. The zero-order valence-electron chi connectivity index (χ0n) is 17.7. The van der Waals surface area contributed by atoms with Gasteiger partial charge in [0.05, 0.1) is 13.7 Å². The number of methoxy groups -OCH3 is 1. The highest BCUT2D eigenvalue weighted by Crippen LogP contribution is 2.39. The quantitative estimate of drug-likeness (QED) is 0.254. The second kappa shape index (κ2) is 9.00. The van der Waals surface area contributed by atoms with Crippen molar-refractivity contribution in [3.63, 3.8) is 0 Å². The molecule has 1 aliphatic rings. The van der Waals surface area contributed by atoms with Crippen molar-refractivity contribution in [1.29, 1.82) is 0 Å². The third-order valence-electron chi connectivity index (χ3n) is 5.45. The summed E-state index contributed by atoms with van der Waals surface area (Å²) < 4.78 is 21.7. The van der Waals surface area contributed by atoms with E-state index in [9.17, 15) is 40.5 Å². The molecule has 12 nitrogen and oxygen atoms in total. The number of rotatable bonds is 5. The maximum Gasteiger partial charge on any atom is 0.238 e. The van der Waals surface area contributed by atoms with E-state index in [2.05, 4.69) is 0 Å². The van der Waals surface area contributed by atoms with Gasteiger partial charge in [-0.2, -0.15) is 0 Å². The zero-order valence-corrected chi connectivity index (χ0v) is 17.7. The van der Waals surface area contributed by atoms with Gasteiger partial charge in [-0.15, -0.1) is 0 Å². The monoisotopic (exact) mass is 478 g/mol. The van der Waals surface area contributed by atoms with Crippen molar-refractivity contribution >= 4 is 11.0 Å². The van der Waals surface area contributed by atoms with E-state index in [-0.39, 0.29) is 39.5 Å². The molecule has 1 saturated heterocycles. The third-order valence-corrected chi connectivity index (χ3v) is 5.45. The van der Waals surface area contributed by atoms with E-state index in [1.165, 1.54) is 25.3 Å². The van der Waals surface area contributed by atoms with Gasteiger partial charge in [-0.1, -0.05) is 0 Å². The number of aliphatic hydroxyl groups is 4. The number of aliphatic hydroxyl groups excluding tert-OH is 4. The highest BCUT2D eigenvalue weighted by molar-refractivity contribution is 5.88. The summed E-state index contributed by atoms with van der Waals surface area (Å²) in [6, 6.07) is 6.11. The molecule has 0 radical (unpaired) electrons. The predicted molar refractivity (Wildman–Crippen MR) is 114 cm³/mol. The van der Waals surface area contributed by atoms with Crippen molar-refractivity contribution in [3.05, 3.63) is 40.6 Å². The lowest BCUT2D eigenvalue weighted by atomic mass is 9.99. The zero-order chi connectivity index (χ0) is 24.7. The minimum atomic E-state index is -1.65. The number of aromatic hydroxyl groups is 3. The normalized spacial score (nSPS) is 24.8. The lowest BCUT2D eigenvalue weighted by Gasteiger charge is -2.39. The van der Waals surface area contributed by atoms with Gasteiger partial charge in [-0.05, 0) is 18.2 Å². The SMILES string of the molecule is COc1cc(-c2oc3cc(O)cc(O)c3c(=O)c2O)ccc1O[C@@H]1O[C@H](CO)[C@@H](O)[C@H](O)[C@H]1O. The molecule has 34 heavy (non-hydrogen) atoms. The van der Waals surface area contributed by atoms with Crippen molar-refractivity contribution in [3.8, 4) is 40.1 Å². The van der Waals surface area contributed by atoms with Crippen LogP contribution in [0, 0.1) is 0 Å². The maximum atomic E-state index is 12.6. The van der Waals surface area contributed by atoms with Crippen LogP contribution in [0.1, 0.15) is 0 Å². The van der Waals surface area contributed by atoms with E-state index >= 15 is 0 Å². The summed E-state index contributed by atoms with van der Waals surface area (Å²) >= 11 is 0. The predicted octanol–water partition coefficient (Wildman–Crippen LogP) is -0.236. The van der Waals surface area contributed by atoms with Crippen molar-refractivity contribution in [1.82, 2.24) is 0 Å². The first-order valence-electron chi connectivity index (χ1n) is 10.0. The van der Waals surface area contributed by atoms with Crippen LogP contribution in [0.4, 0.5) is 0 Å². The Balaban J connectivity index is 1.71. The lowest BCUT2D eigenvalue weighted by Crippen LogP contribution is -2.60. The first kappa shape index (κ1) is 23.6. The second-order valence-electron chi connectivity index (χ2n) is 7.63. The fraction of sp³-hybridized carbons (Fsp3) is 0.318. The van der Waals surface area contributed by atoms with Crippen molar-refractivity contribution in [2.75, 3.05) is 13.7 Å². The Kier molecular flexibility index (Phi) is 6.25. The fourth-order valence-electron chi connectivity index (χ4n) is 3.67. The standard InChI is InChI=1S/C22H22O12/c1-31-12-4-8(21-19(29)17(27)15-10(25)5-9(24)6-13(15)32-21)2-3-11(12)33-22-20(30)18(28)16(26)14(7-23)34-22/h2-6,14,16,18,20,22-26,28-30H,7H2,1H3/t14-,16-,18+,20-,22-/m1/s1. The Labute approximate surface area is 191 Å². The average Bonchev–Trinajstić information content (AvgIpc) is 2.81. The molecular weight excluding hydrogens is 456 g/mol. The van der Waals surface area contributed by atoms with Crippen LogP contribution >= 0.6 is 0 Å². The molecule has 1 aromatic heterocycles. The minimum Gasteiger partial charge on any atom is -0.508 e. The topological polar surface area (TPSA) is 200 Å². The second-order valence-corrected chi connectivity index (χ2v) is 7.63. The van der Waals surface area contributed by atoms with Gasteiger partial charge in [0, 0.05) is 17.7 Å². The summed E-state index contributed by atoms with van der Waals surface area (Å²) in [5.41, 5.74) is -0.928. The van der Waals surface area contributed by atoms with Crippen molar-refractivity contribution < 1.29 is 54.4 Å². The average molecular weight is 478 g/mol. The Morgan fingerprint density at radius 1 is 0.971 bits per heavy atom. The first-order chi connectivity index (χ1) is 16.2. The Hall–Kier alpha value is -3.55. The van der Waals surface area contributed by atoms with E-state index in [0.717, 1.165) is 12.1 Å². The van der Waals surface area contributed by atoms with Crippen LogP contribution in [-0.4, -0.2) is 80.2 Å². The van der Waals surface area contributed by atoms with E-state index in [1.54, 1.807) is 0 Å². The highest BCUT2D eigenvalue weighted by atomic mass is 16.7. The Morgan fingerprint density at radius 3 is 2.38 bits per heavy atom. The van der Waals surface area contributed by atoms with Gasteiger partial charge >= 0.3 is 0 Å². The smallest absolute Gasteiger partial charge is 0.238 e. The van der Waals surface area contributed by atoms with Crippen LogP contribution in [0.3, 0.4) is 0 Å². The van der Waals surface area contributed by atoms with Gasteiger partial charge in [-0.25, -0.2) is 0 Å². The summed E-state index contributed by atoms with van der Waals surface area (Å²) in [4.78, 5) is 12.6. The number of benzene rings is 2. The Bertz CT molecular complexity index is 1270. The van der Waals surface area contributed by atoms with Gasteiger partial charge in [0.15, 0.2) is 17.3 Å². The van der Waals surface area contributed by atoms with Crippen LogP contribution in [0.15, 0.2) is 39.5 Å². The summed E-state index contributed by atoms with van der Waals surface area (Å²) in [7, 11) is 1.30. The van der Waals surface area contributed by atoms with Crippen LogP contribution in [0.5, 0.6) is 28.7 Å². The summed E-state index contributed by atoms with van der Waals surface area (Å²) in [5, 5.41) is 69.1. The maximum absolute atomic E-state index is 12.6. The molecule has 2 heterocycles. The van der Waals surface area contributed by atoms with Gasteiger partial charge in [0.25, 0.3) is 0 Å². The van der Waals surface area contributed by atoms with Crippen molar-refractivity contribution in [2.45, 2.75) is 30.7 Å². The van der Waals surface area contributed by atoms with Gasteiger partial charge < -0.3 is 54.4 Å². The molecule has 0 saturated carbocycles. The molecule has 0 unspecified atom stereocenters. The molecule has 0 amide bonds. The van der Waals surface area contributed by atoms with Crippen LogP contribution < -0.4 is 14.9 Å². The fourth-order valence-corrected chi connectivity index (χ4v) is 3.67. The molecule has 7 N–H and O–H groups in total. The number of phenols is 2. The molecule has 12 heteroatoms. The first-order valence-corrected chi connectivity index (χ1v) is 10.0. The van der Waals surface area contributed by atoms with Crippen LogP contribution in [0.2, 0.25) is 0 Å². The molecule has 0 bridgehead atoms. The summed E-state index contributed by atoms with van der Waals surface area (Å²) in [6.45, 7) is -0.633. The summed E-state index contributed by atoms with van der Waals surface area (Å²) in [6.07, 6.45) is -7.48. The molecule has 0 aliphatic carbocycles. The molecule has 1 aliphatic heterocycles. The molecule has 4 rings (SSSR count). The van der Waals surface area contributed by atoms with E-state index in [4.69, 9.17) is 18.6 Å². The number of hydrogen-bond donors (Lipinski definition) is 7. The molecule has 5 atom stereocenters. The number of fused-ring (bicyclic) bond motifs is 1. The third kappa shape index (κ3) is 3.97. The van der Waals surface area contributed by atoms with Gasteiger partial charge in [-0.3, -0.25) is 4.79 Å². The highest BCUT2D eigenvalue weighted by Gasteiger charge is 2.45. The number of ether oxygens (including phenoxy) is 3. The number of phenolic OH excluding ortho intramolecular Hbond substituents is 2. The van der Waals surface area contributed by atoms with Gasteiger partial charge in [0.2, 0.25) is 17.5 Å². The van der Waals surface area contributed by atoms with Crippen molar-refractivity contribution in [2.24, 2.45) is 0 Å². The van der Waals surface area contributed by atoms with E-state index in [0.29, 0.717) is 0 Å². The molecular formula is C22H22O12.